The molecule has 0 aliphatic rings. The number of carbonyl (C=O) groups is 3. The van der Waals surface area contributed by atoms with Gasteiger partial charge in [0.25, 0.3) is 5.91 Å². The van der Waals surface area contributed by atoms with Gasteiger partial charge in [0.05, 0.1) is 0 Å². The second kappa shape index (κ2) is 13.0. The largest absolute Gasteiger partial charge is 0.508 e. The van der Waals surface area contributed by atoms with E-state index in [4.69, 9.17) is 4.74 Å². The molecule has 0 heterocycles. The van der Waals surface area contributed by atoms with Crippen LogP contribution in [-0.4, -0.2) is 46.6 Å². The van der Waals surface area contributed by atoms with Crippen molar-refractivity contribution in [2.75, 3.05) is 18.4 Å². The third kappa shape index (κ3) is 8.59. The van der Waals surface area contributed by atoms with Crippen LogP contribution in [0.1, 0.15) is 69.7 Å². The van der Waals surface area contributed by atoms with Crippen molar-refractivity contribution < 1.29 is 24.2 Å². The molecule has 1 unspecified atom stereocenters. The molecular formula is C28H39N3O5. The summed E-state index contributed by atoms with van der Waals surface area (Å²) in [6, 6.07) is 11.0. The van der Waals surface area contributed by atoms with Crippen LogP contribution in [0.15, 0.2) is 42.5 Å². The van der Waals surface area contributed by atoms with E-state index in [1.165, 1.54) is 17.0 Å². The number of rotatable bonds is 10. The van der Waals surface area contributed by atoms with Crippen molar-refractivity contribution in [1.29, 1.82) is 0 Å². The Balaban J connectivity index is 2.40. The van der Waals surface area contributed by atoms with E-state index in [-0.39, 0.29) is 12.3 Å². The summed E-state index contributed by atoms with van der Waals surface area (Å²) >= 11 is 0. The number of nitrogens with one attached hydrogen (secondary N) is 2. The SMILES string of the molecule is CCCCCN(C(=O)CNC(=O)OC(C)(C)C)C(C(=O)Nc1c(C)cccc1C)c1cccc(O)c1. The molecule has 0 saturated carbocycles. The van der Waals surface area contributed by atoms with Gasteiger partial charge < -0.3 is 25.4 Å². The van der Waals surface area contributed by atoms with Gasteiger partial charge in [0.2, 0.25) is 5.91 Å². The third-order valence-corrected chi connectivity index (χ3v) is 5.58. The third-order valence-electron chi connectivity index (χ3n) is 5.58. The number of ether oxygens (including phenoxy) is 1. The van der Waals surface area contributed by atoms with Gasteiger partial charge in [-0.1, -0.05) is 50.1 Å². The van der Waals surface area contributed by atoms with Crippen molar-refractivity contribution in [1.82, 2.24) is 10.2 Å². The smallest absolute Gasteiger partial charge is 0.408 e. The lowest BCUT2D eigenvalue weighted by molar-refractivity contribution is -0.138. The van der Waals surface area contributed by atoms with Gasteiger partial charge in [-0.2, -0.15) is 0 Å². The van der Waals surface area contributed by atoms with Crippen LogP contribution in [0.2, 0.25) is 0 Å². The van der Waals surface area contributed by atoms with Gasteiger partial charge >= 0.3 is 6.09 Å². The van der Waals surface area contributed by atoms with Crippen LogP contribution in [0.3, 0.4) is 0 Å². The van der Waals surface area contributed by atoms with Crippen molar-refractivity contribution in [3.05, 3.63) is 59.2 Å². The molecule has 0 saturated heterocycles. The molecule has 2 rings (SSSR count). The van der Waals surface area contributed by atoms with Gasteiger partial charge in [-0.15, -0.1) is 0 Å². The number of para-hydroxylation sites is 1. The lowest BCUT2D eigenvalue weighted by Gasteiger charge is -2.32. The zero-order valence-electron chi connectivity index (χ0n) is 22.2. The van der Waals surface area contributed by atoms with Crippen LogP contribution in [0, 0.1) is 13.8 Å². The number of benzene rings is 2. The van der Waals surface area contributed by atoms with Gasteiger partial charge in [-0.25, -0.2) is 4.79 Å². The Morgan fingerprint density at radius 1 is 1.03 bits per heavy atom. The summed E-state index contributed by atoms with van der Waals surface area (Å²) in [6.45, 7) is 11.1. The highest BCUT2D eigenvalue weighted by molar-refractivity contribution is 5.99. The molecule has 2 aromatic carbocycles. The molecule has 0 aliphatic heterocycles. The summed E-state index contributed by atoms with van der Waals surface area (Å²) in [7, 11) is 0. The van der Waals surface area contributed by atoms with Crippen LogP contribution < -0.4 is 10.6 Å². The topological polar surface area (TPSA) is 108 Å². The number of alkyl carbamates (subject to hydrolysis) is 1. The summed E-state index contributed by atoms with van der Waals surface area (Å²) in [4.78, 5) is 40.8. The molecule has 196 valence electrons. The van der Waals surface area contributed by atoms with E-state index in [2.05, 4.69) is 17.6 Å². The predicted molar refractivity (Wildman–Crippen MR) is 141 cm³/mol. The molecule has 0 aliphatic carbocycles. The minimum atomic E-state index is -1.01. The summed E-state index contributed by atoms with van der Waals surface area (Å²) in [6.07, 6.45) is 1.77. The predicted octanol–water partition coefficient (Wildman–Crippen LogP) is 5.23. The molecule has 0 fully saturated rings. The highest BCUT2D eigenvalue weighted by Crippen LogP contribution is 2.28. The number of amides is 3. The normalized spacial score (nSPS) is 11.9. The van der Waals surface area contributed by atoms with Crippen molar-refractivity contribution in [2.45, 2.75) is 72.4 Å². The maximum atomic E-state index is 13.7. The van der Waals surface area contributed by atoms with Crippen LogP contribution in [0.4, 0.5) is 10.5 Å². The number of nitrogens with zero attached hydrogens (tertiary/aromatic N) is 1. The van der Waals surface area contributed by atoms with Crippen molar-refractivity contribution in [3.8, 4) is 5.75 Å². The molecule has 8 nitrogen and oxygen atoms in total. The molecule has 36 heavy (non-hydrogen) atoms. The molecular weight excluding hydrogens is 458 g/mol. The molecule has 3 amide bonds. The maximum absolute atomic E-state index is 13.7. The fraction of sp³-hybridized carbons (Fsp3) is 0.464. The van der Waals surface area contributed by atoms with Crippen LogP contribution in [0.5, 0.6) is 5.75 Å². The Labute approximate surface area is 214 Å². The average molecular weight is 498 g/mol. The molecule has 0 radical (unpaired) electrons. The van der Waals surface area contributed by atoms with Crippen LogP contribution in [-0.2, 0) is 14.3 Å². The van der Waals surface area contributed by atoms with E-state index in [0.29, 0.717) is 24.2 Å². The minimum Gasteiger partial charge on any atom is -0.508 e. The summed E-state index contributed by atoms with van der Waals surface area (Å²) < 4.78 is 5.25. The summed E-state index contributed by atoms with van der Waals surface area (Å²) in [5, 5.41) is 15.6. The zero-order valence-corrected chi connectivity index (χ0v) is 22.2. The second-order valence-corrected chi connectivity index (χ2v) is 9.90. The fourth-order valence-electron chi connectivity index (χ4n) is 3.86. The van der Waals surface area contributed by atoms with Gasteiger partial charge in [-0.3, -0.25) is 9.59 Å². The lowest BCUT2D eigenvalue weighted by atomic mass is 10.0. The molecule has 8 heteroatoms. The molecule has 2 aromatic rings. The first-order valence-electron chi connectivity index (χ1n) is 12.3. The number of anilines is 1. The Hall–Kier alpha value is -3.55. The quantitative estimate of drug-likeness (QED) is 0.390. The minimum absolute atomic E-state index is 0.00907. The number of phenolic OH excluding ortho intramolecular Hbond substituents is 1. The zero-order chi connectivity index (χ0) is 26.9. The Bertz CT molecular complexity index is 1040. The maximum Gasteiger partial charge on any atom is 0.408 e. The van der Waals surface area contributed by atoms with Gasteiger partial charge in [0, 0.05) is 12.2 Å². The van der Waals surface area contributed by atoms with E-state index in [0.717, 1.165) is 24.0 Å². The Morgan fingerprint density at radius 2 is 1.67 bits per heavy atom. The number of aryl methyl sites for hydroxylation is 2. The molecule has 3 N–H and O–H groups in total. The molecule has 0 bridgehead atoms. The van der Waals surface area contributed by atoms with Gasteiger partial charge in [-0.05, 0) is 69.9 Å². The van der Waals surface area contributed by atoms with E-state index in [9.17, 15) is 19.5 Å². The number of phenols is 1. The number of aromatic hydroxyl groups is 1. The van der Waals surface area contributed by atoms with E-state index in [1.54, 1.807) is 32.9 Å². The summed E-state index contributed by atoms with van der Waals surface area (Å²) in [5.41, 5.74) is 2.24. The number of unbranched alkanes of at least 4 members (excludes halogenated alkanes) is 2. The van der Waals surface area contributed by atoms with Crippen LogP contribution >= 0.6 is 0 Å². The van der Waals surface area contributed by atoms with Gasteiger partial charge in [0.15, 0.2) is 0 Å². The first-order valence-corrected chi connectivity index (χ1v) is 12.3. The molecule has 1 atom stereocenters. The van der Waals surface area contributed by atoms with E-state index >= 15 is 0 Å². The van der Waals surface area contributed by atoms with Crippen molar-refractivity contribution >= 4 is 23.6 Å². The van der Waals surface area contributed by atoms with E-state index in [1.807, 2.05) is 32.0 Å². The Kier molecular flexibility index (Phi) is 10.3. The highest BCUT2D eigenvalue weighted by Gasteiger charge is 2.32. The van der Waals surface area contributed by atoms with Crippen molar-refractivity contribution in [2.24, 2.45) is 0 Å². The number of hydrogen-bond donors (Lipinski definition) is 3. The lowest BCUT2D eigenvalue weighted by Crippen LogP contribution is -2.47. The first-order chi connectivity index (χ1) is 16.9. The fourth-order valence-corrected chi connectivity index (χ4v) is 3.86. The monoisotopic (exact) mass is 497 g/mol. The first kappa shape index (κ1) is 28.7. The van der Waals surface area contributed by atoms with Gasteiger partial charge in [0.1, 0.15) is 23.9 Å². The number of hydrogen-bond acceptors (Lipinski definition) is 5. The second-order valence-electron chi connectivity index (χ2n) is 9.90. The number of carbonyl (C=O) groups excluding carboxylic acids is 3. The van der Waals surface area contributed by atoms with Crippen LogP contribution in [0.25, 0.3) is 0 Å². The molecule has 0 spiro atoms. The Morgan fingerprint density at radius 3 is 2.25 bits per heavy atom. The van der Waals surface area contributed by atoms with E-state index < -0.39 is 29.6 Å². The highest BCUT2D eigenvalue weighted by atomic mass is 16.6. The molecule has 0 aromatic heterocycles. The average Bonchev–Trinajstić information content (AvgIpc) is 2.78. The standard InChI is InChI=1S/C28H39N3O5/c1-7-8-9-16-31(23(33)18-29-27(35)36-28(4,5)6)25(21-14-11-15-22(32)17-21)26(34)30-24-19(2)12-10-13-20(24)3/h10-15,17,25,32H,7-9,16,18H2,1-6H3,(H,29,35)(H,30,34). The summed E-state index contributed by atoms with van der Waals surface area (Å²) in [5.74, 6) is -0.840. The van der Waals surface area contributed by atoms with Crippen molar-refractivity contribution in [3.63, 3.8) is 0 Å².